The monoisotopic (exact) mass is 315 g/mol. The molecule has 0 aliphatic carbocycles. The Labute approximate surface area is 135 Å². The predicted molar refractivity (Wildman–Crippen MR) is 86.1 cm³/mol. The maximum absolute atomic E-state index is 12.2. The van der Waals surface area contributed by atoms with E-state index < -0.39 is 0 Å². The standard InChI is InChI=1S/C17H21N3O3/c1-3-15-14(17(22)18-10-9-16(21)23-2)11-19-20(15)12-13-7-5-4-6-8-13/h4-8,11H,3,9-10,12H2,1-2H3,(H,18,22). The van der Waals surface area contributed by atoms with Crippen LogP contribution in [0.2, 0.25) is 0 Å². The van der Waals surface area contributed by atoms with Gasteiger partial charge in [-0.15, -0.1) is 0 Å². The second-order valence-corrected chi connectivity index (χ2v) is 5.08. The van der Waals surface area contributed by atoms with Crippen LogP contribution in [0.5, 0.6) is 0 Å². The third kappa shape index (κ3) is 4.42. The van der Waals surface area contributed by atoms with Crippen molar-refractivity contribution in [1.29, 1.82) is 0 Å². The van der Waals surface area contributed by atoms with Crippen molar-refractivity contribution in [3.8, 4) is 0 Å². The second-order valence-electron chi connectivity index (χ2n) is 5.08. The summed E-state index contributed by atoms with van der Waals surface area (Å²) in [6.45, 7) is 2.86. The van der Waals surface area contributed by atoms with E-state index in [-0.39, 0.29) is 24.8 Å². The van der Waals surface area contributed by atoms with Crippen molar-refractivity contribution in [2.24, 2.45) is 0 Å². The second kappa shape index (κ2) is 8.12. The topological polar surface area (TPSA) is 73.2 Å². The molecule has 0 saturated heterocycles. The lowest BCUT2D eigenvalue weighted by atomic mass is 10.1. The molecule has 0 fully saturated rings. The quantitative estimate of drug-likeness (QED) is 0.791. The summed E-state index contributed by atoms with van der Waals surface area (Å²) >= 11 is 0. The van der Waals surface area contributed by atoms with Gasteiger partial charge in [0.2, 0.25) is 0 Å². The van der Waals surface area contributed by atoms with Gasteiger partial charge in [-0.2, -0.15) is 5.10 Å². The van der Waals surface area contributed by atoms with E-state index in [1.165, 1.54) is 7.11 Å². The highest BCUT2D eigenvalue weighted by Crippen LogP contribution is 2.12. The van der Waals surface area contributed by atoms with Gasteiger partial charge in [-0.1, -0.05) is 37.3 Å². The number of carbonyl (C=O) groups is 2. The molecule has 2 aromatic rings. The number of hydrogen-bond donors (Lipinski definition) is 1. The number of aromatic nitrogens is 2. The molecule has 0 aliphatic heterocycles. The van der Waals surface area contributed by atoms with Gasteiger partial charge in [0.1, 0.15) is 0 Å². The minimum absolute atomic E-state index is 0.155. The molecule has 0 saturated carbocycles. The molecule has 0 spiro atoms. The molecule has 23 heavy (non-hydrogen) atoms. The van der Waals surface area contributed by atoms with Crippen LogP contribution >= 0.6 is 0 Å². The summed E-state index contributed by atoms with van der Waals surface area (Å²) in [7, 11) is 1.33. The van der Waals surface area contributed by atoms with Crippen LogP contribution in [-0.2, 0) is 22.5 Å². The first-order valence-corrected chi connectivity index (χ1v) is 7.59. The van der Waals surface area contributed by atoms with Crippen molar-refractivity contribution in [2.45, 2.75) is 26.3 Å². The molecule has 1 N–H and O–H groups in total. The third-order valence-electron chi connectivity index (χ3n) is 3.55. The molecular formula is C17H21N3O3. The molecule has 1 amide bonds. The lowest BCUT2D eigenvalue weighted by molar-refractivity contribution is -0.140. The highest BCUT2D eigenvalue weighted by molar-refractivity contribution is 5.95. The molecule has 0 atom stereocenters. The van der Waals surface area contributed by atoms with Crippen LogP contribution in [-0.4, -0.2) is 35.3 Å². The van der Waals surface area contributed by atoms with Gasteiger partial charge >= 0.3 is 5.97 Å². The summed E-state index contributed by atoms with van der Waals surface area (Å²) in [6.07, 6.45) is 2.43. The molecule has 1 heterocycles. The van der Waals surface area contributed by atoms with Gasteiger partial charge in [-0.05, 0) is 12.0 Å². The number of amides is 1. The molecule has 0 unspecified atom stereocenters. The summed E-state index contributed by atoms with van der Waals surface area (Å²) in [4.78, 5) is 23.3. The smallest absolute Gasteiger partial charge is 0.307 e. The number of carbonyl (C=O) groups excluding carboxylic acids is 2. The average Bonchev–Trinajstić information content (AvgIpc) is 2.98. The van der Waals surface area contributed by atoms with E-state index in [1.807, 2.05) is 41.9 Å². The SMILES string of the molecule is CCc1c(C(=O)NCCC(=O)OC)cnn1Cc1ccccc1. The zero-order valence-electron chi connectivity index (χ0n) is 13.4. The normalized spacial score (nSPS) is 10.3. The fraction of sp³-hybridized carbons (Fsp3) is 0.353. The minimum atomic E-state index is -0.346. The largest absolute Gasteiger partial charge is 0.469 e. The van der Waals surface area contributed by atoms with Crippen molar-refractivity contribution >= 4 is 11.9 Å². The molecular weight excluding hydrogens is 294 g/mol. The summed E-state index contributed by atoms with van der Waals surface area (Å²) in [5, 5.41) is 7.05. The van der Waals surface area contributed by atoms with E-state index in [9.17, 15) is 9.59 Å². The minimum Gasteiger partial charge on any atom is -0.469 e. The van der Waals surface area contributed by atoms with Crippen molar-refractivity contribution in [1.82, 2.24) is 15.1 Å². The van der Waals surface area contributed by atoms with Crippen LogP contribution in [0.4, 0.5) is 0 Å². The van der Waals surface area contributed by atoms with Gasteiger partial charge in [0, 0.05) is 6.54 Å². The van der Waals surface area contributed by atoms with E-state index in [2.05, 4.69) is 15.2 Å². The van der Waals surface area contributed by atoms with Gasteiger partial charge in [0.15, 0.2) is 0 Å². The lowest BCUT2D eigenvalue weighted by Gasteiger charge is -2.08. The van der Waals surface area contributed by atoms with Crippen LogP contribution < -0.4 is 5.32 Å². The number of methoxy groups -OCH3 is 1. The Bertz CT molecular complexity index is 665. The number of ether oxygens (including phenoxy) is 1. The predicted octanol–water partition coefficient (Wildman–Crippen LogP) is 1.79. The zero-order valence-corrected chi connectivity index (χ0v) is 13.4. The molecule has 6 heteroatoms. The summed E-state index contributed by atoms with van der Waals surface area (Å²) in [5.41, 5.74) is 2.56. The molecule has 0 bridgehead atoms. The van der Waals surface area contributed by atoms with Gasteiger partial charge < -0.3 is 10.1 Å². The van der Waals surface area contributed by atoms with Crippen LogP contribution in [0.15, 0.2) is 36.5 Å². The Morgan fingerprint density at radius 3 is 2.65 bits per heavy atom. The summed E-state index contributed by atoms with van der Waals surface area (Å²) in [5.74, 6) is -0.564. The van der Waals surface area contributed by atoms with E-state index in [1.54, 1.807) is 6.20 Å². The van der Waals surface area contributed by atoms with Crippen molar-refractivity contribution in [3.05, 3.63) is 53.3 Å². The number of hydrogen-bond acceptors (Lipinski definition) is 4. The Balaban J connectivity index is 2.05. The first-order valence-electron chi connectivity index (χ1n) is 7.59. The van der Waals surface area contributed by atoms with Crippen molar-refractivity contribution < 1.29 is 14.3 Å². The van der Waals surface area contributed by atoms with Crippen molar-refractivity contribution in [2.75, 3.05) is 13.7 Å². The van der Waals surface area contributed by atoms with Crippen LogP contribution in [0.3, 0.4) is 0 Å². The van der Waals surface area contributed by atoms with E-state index >= 15 is 0 Å². The maximum Gasteiger partial charge on any atom is 0.307 e. The zero-order chi connectivity index (χ0) is 16.7. The van der Waals surface area contributed by atoms with Gasteiger partial charge in [-0.25, -0.2) is 0 Å². The Morgan fingerprint density at radius 2 is 2.00 bits per heavy atom. The fourth-order valence-corrected chi connectivity index (χ4v) is 2.34. The number of esters is 1. The fourth-order valence-electron chi connectivity index (χ4n) is 2.34. The highest BCUT2D eigenvalue weighted by atomic mass is 16.5. The number of rotatable bonds is 7. The number of nitrogens with one attached hydrogen (secondary N) is 1. The Hall–Kier alpha value is -2.63. The van der Waals surface area contributed by atoms with Crippen molar-refractivity contribution in [3.63, 3.8) is 0 Å². The highest BCUT2D eigenvalue weighted by Gasteiger charge is 2.16. The maximum atomic E-state index is 12.2. The van der Waals surface area contributed by atoms with Gasteiger partial charge in [0.25, 0.3) is 5.91 Å². The number of benzene rings is 1. The Kier molecular flexibility index (Phi) is 5.91. The third-order valence-corrected chi connectivity index (χ3v) is 3.55. The molecule has 0 aliphatic rings. The molecule has 122 valence electrons. The van der Waals surface area contributed by atoms with E-state index in [0.29, 0.717) is 18.5 Å². The Morgan fingerprint density at radius 1 is 1.26 bits per heavy atom. The first kappa shape index (κ1) is 16.7. The van der Waals surface area contributed by atoms with E-state index in [0.717, 1.165) is 11.3 Å². The van der Waals surface area contributed by atoms with E-state index in [4.69, 9.17) is 0 Å². The first-order chi connectivity index (χ1) is 11.2. The van der Waals surface area contributed by atoms with Gasteiger partial charge in [-0.3, -0.25) is 14.3 Å². The molecule has 1 aromatic heterocycles. The summed E-state index contributed by atoms with van der Waals surface area (Å²) in [6, 6.07) is 9.97. The molecule has 0 radical (unpaired) electrons. The molecule has 2 rings (SSSR count). The lowest BCUT2D eigenvalue weighted by Crippen LogP contribution is -2.27. The van der Waals surface area contributed by atoms with Crippen LogP contribution in [0.1, 0.15) is 35.0 Å². The molecule has 6 nitrogen and oxygen atoms in total. The number of nitrogens with zero attached hydrogens (tertiary/aromatic N) is 2. The average molecular weight is 315 g/mol. The van der Waals surface area contributed by atoms with Gasteiger partial charge in [0.05, 0.1) is 37.5 Å². The van der Waals surface area contributed by atoms with Crippen LogP contribution in [0, 0.1) is 0 Å². The molecule has 1 aromatic carbocycles. The van der Waals surface area contributed by atoms with Crippen LogP contribution in [0.25, 0.3) is 0 Å². The summed E-state index contributed by atoms with van der Waals surface area (Å²) < 4.78 is 6.38.